The predicted octanol–water partition coefficient (Wildman–Crippen LogP) is 2.61. The van der Waals surface area contributed by atoms with Gasteiger partial charge in [-0.1, -0.05) is 0 Å². The Labute approximate surface area is 160 Å². The fourth-order valence-electron chi connectivity index (χ4n) is 3.10. The van der Waals surface area contributed by atoms with Gasteiger partial charge in [0, 0.05) is 20.2 Å². The second kappa shape index (κ2) is 6.56. The number of amides is 1. The number of anilines is 3. The van der Waals surface area contributed by atoms with Gasteiger partial charge >= 0.3 is 0 Å². The highest BCUT2D eigenvalue weighted by atomic mass is 19.1. The molecular formula is C19H18FN7O. The van der Waals surface area contributed by atoms with Crippen LogP contribution < -0.4 is 10.2 Å². The Kier molecular flexibility index (Phi) is 4.19. The quantitative estimate of drug-likeness (QED) is 0.748. The van der Waals surface area contributed by atoms with Gasteiger partial charge in [0.1, 0.15) is 29.3 Å². The summed E-state index contributed by atoms with van der Waals surface area (Å²) in [5.41, 5.74) is 3.29. The van der Waals surface area contributed by atoms with Crippen molar-refractivity contribution in [2.45, 2.75) is 19.5 Å². The Morgan fingerprint density at radius 2 is 2.18 bits per heavy atom. The summed E-state index contributed by atoms with van der Waals surface area (Å²) in [7, 11) is 3.67. The zero-order chi connectivity index (χ0) is 20.0. The van der Waals surface area contributed by atoms with Crippen molar-refractivity contribution in [1.29, 1.82) is 5.26 Å². The number of nitriles is 1. The number of hydrogen-bond acceptors (Lipinski definition) is 6. The van der Waals surface area contributed by atoms with Crippen molar-refractivity contribution in [1.82, 2.24) is 19.5 Å². The third kappa shape index (κ3) is 3.03. The Balaban J connectivity index is 1.75. The van der Waals surface area contributed by atoms with E-state index in [9.17, 15) is 9.18 Å². The average molecular weight is 379 g/mol. The summed E-state index contributed by atoms with van der Waals surface area (Å²) in [4.78, 5) is 27.0. The zero-order valence-corrected chi connectivity index (χ0v) is 15.6. The molecule has 0 radical (unpaired) electrons. The number of carbonyl (C=O) groups excluding carboxylic acids is 1. The first kappa shape index (κ1) is 17.9. The third-order valence-electron chi connectivity index (χ3n) is 4.89. The van der Waals surface area contributed by atoms with Crippen molar-refractivity contribution >= 4 is 34.3 Å². The van der Waals surface area contributed by atoms with E-state index in [1.165, 1.54) is 0 Å². The molecule has 1 amide bonds. The molecule has 1 aliphatic carbocycles. The second-order valence-corrected chi connectivity index (χ2v) is 6.93. The van der Waals surface area contributed by atoms with Gasteiger partial charge in [0.05, 0.1) is 29.6 Å². The van der Waals surface area contributed by atoms with Crippen molar-refractivity contribution in [3.8, 4) is 6.07 Å². The molecule has 142 valence electrons. The minimum Gasteiger partial charge on any atom is -0.334 e. The molecule has 1 N–H and O–H groups in total. The molecule has 0 bridgehead atoms. The number of rotatable bonds is 4. The maximum absolute atomic E-state index is 13.2. The smallest absolute Gasteiger partial charge is 0.231 e. The van der Waals surface area contributed by atoms with Crippen LogP contribution in [0.1, 0.15) is 17.7 Å². The molecule has 0 unspecified atom stereocenters. The molecule has 3 heterocycles. The maximum atomic E-state index is 13.2. The molecule has 8 nitrogen and oxygen atoms in total. The lowest BCUT2D eigenvalue weighted by atomic mass is 10.2. The molecule has 3 aromatic rings. The van der Waals surface area contributed by atoms with Crippen LogP contribution in [0.15, 0.2) is 24.7 Å². The van der Waals surface area contributed by atoms with Gasteiger partial charge in [0.15, 0.2) is 5.82 Å². The van der Waals surface area contributed by atoms with Crippen molar-refractivity contribution in [2.24, 2.45) is 13.0 Å². The second-order valence-electron chi connectivity index (χ2n) is 6.93. The van der Waals surface area contributed by atoms with Gasteiger partial charge < -0.3 is 14.8 Å². The Hall–Kier alpha value is -3.54. The van der Waals surface area contributed by atoms with Crippen LogP contribution in [0.5, 0.6) is 0 Å². The average Bonchev–Trinajstić information content (AvgIpc) is 3.30. The standard InChI is InChI=1S/C19H18FN7O/c1-10-4-11(7-21)22-8-15(10)27(3)16-6-14-17(23-9-26(14)2)18(24-16)25-19(28)12-5-13(12)20/h4,6,8-9,12-13H,5H2,1-3H3,(H,24,25,28)/t12-,13+/m0/s1. The summed E-state index contributed by atoms with van der Waals surface area (Å²) in [5.74, 6) is -0.146. The maximum Gasteiger partial charge on any atom is 0.231 e. The molecule has 1 saturated carbocycles. The number of nitrogens with one attached hydrogen (secondary N) is 1. The van der Waals surface area contributed by atoms with Gasteiger partial charge in [-0.05, 0) is 25.0 Å². The van der Waals surface area contributed by atoms with Crippen LogP contribution in [0.2, 0.25) is 0 Å². The monoisotopic (exact) mass is 379 g/mol. The van der Waals surface area contributed by atoms with Gasteiger partial charge in [0.2, 0.25) is 5.91 Å². The number of aromatic nitrogens is 4. The highest BCUT2D eigenvalue weighted by Gasteiger charge is 2.44. The summed E-state index contributed by atoms with van der Waals surface area (Å²) >= 11 is 0. The van der Waals surface area contributed by atoms with E-state index < -0.39 is 12.1 Å². The SMILES string of the molecule is Cc1cc(C#N)ncc1N(C)c1cc2c(ncn2C)c(NC(=O)[C@H]2C[C@H]2F)n1. The van der Waals surface area contributed by atoms with Crippen LogP contribution in [0.3, 0.4) is 0 Å². The number of halogens is 1. The molecule has 0 aliphatic heterocycles. The van der Waals surface area contributed by atoms with Crippen LogP contribution in [0.25, 0.3) is 11.0 Å². The molecule has 0 spiro atoms. The molecular weight excluding hydrogens is 361 g/mol. The summed E-state index contributed by atoms with van der Waals surface area (Å²) in [5, 5.41) is 11.7. The first-order valence-electron chi connectivity index (χ1n) is 8.76. The first-order chi connectivity index (χ1) is 13.4. The van der Waals surface area contributed by atoms with Crippen LogP contribution in [0.4, 0.5) is 21.7 Å². The van der Waals surface area contributed by atoms with Crippen molar-refractivity contribution in [3.63, 3.8) is 0 Å². The summed E-state index contributed by atoms with van der Waals surface area (Å²) < 4.78 is 15.1. The van der Waals surface area contributed by atoms with Crippen molar-refractivity contribution in [2.75, 3.05) is 17.3 Å². The van der Waals surface area contributed by atoms with Crippen LogP contribution >= 0.6 is 0 Å². The minimum atomic E-state index is -1.09. The van der Waals surface area contributed by atoms with Crippen molar-refractivity contribution < 1.29 is 9.18 Å². The number of imidazole rings is 1. The van der Waals surface area contributed by atoms with Crippen LogP contribution in [-0.4, -0.2) is 38.6 Å². The lowest BCUT2D eigenvalue weighted by molar-refractivity contribution is -0.117. The number of fused-ring (bicyclic) bond motifs is 1. The van der Waals surface area contributed by atoms with Gasteiger partial charge in [-0.2, -0.15) is 5.26 Å². The molecule has 1 fully saturated rings. The van der Waals surface area contributed by atoms with Crippen LogP contribution in [0, 0.1) is 24.2 Å². The van der Waals surface area contributed by atoms with E-state index in [1.54, 1.807) is 18.6 Å². The van der Waals surface area contributed by atoms with Gasteiger partial charge in [-0.3, -0.25) is 4.79 Å². The fraction of sp³-hybridized carbons (Fsp3) is 0.316. The highest BCUT2D eigenvalue weighted by Crippen LogP contribution is 2.36. The van der Waals surface area contributed by atoms with E-state index in [1.807, 2.05) is 42.6 Å². The van der Waals surface area contributed by atoms with E-state index in [0.717, 1.165) is 16.8 Å². The number of pyridine rings is 2. The molecule has 1 aliphatic rings. The molecule has 3 aromatic heterocycles. The van der Waals surface area contributed by atoms with Gasteiger partial charge in [0.25, 0.3) is 0 Å². The zero-order valence-electron chi connectivity index (χ0n) is 15.6. The van der Waals surface area contributed by atoms with Gasteiger partial charge in [-0.15, -0.1) is 0 Å². The largest absolute Gasteiger partial charge is 0.334 e. The highest BCUT2D eigenvalue weighted by molar-refractivity contribution is 6.01. The number of alkyl halides is 1. The molecule has 2 atom stereocenters. The third-order valence-corrected chi connectivity index (χ3v) is 4.89. The predicted molar refractivity (Wildman–Crippen MR) is 102 cm³/mol. The van der Waals surface area contributed by atoms with E-state index in [4.69, 9.17) is 5.26 Å². The van der Waals surface area contributed by atoms with E-state index in [0.29, 0.717) is 22.8 Å². The Morgan fingerprint density at radius 1 is 1.43 bits per heavy atom. The van der Waals surface area contributed by atoms with Gasteiger partial charge in [-0.25, -0.2) is 19.3 Å². The molecule has 9 heteroatoms. The number of aryl methyl sites for hydroxylation is 2. The lowest BCUT2D eigenvalue weighted by Crippen LogP contribution is -2.18. The van der Waals surface area contributed by atoms with Crippen molar-refractivity contribution in [3.05, 3.63) is 35.9 Å². The molecule has 4 rings (SSSR count). The topological polar surface area (TPSA) is 99.7 Å². The normalized spacial score (nSPS) is 18.0. The number of nitrogens with zero attached hydrogens (tertiary/aromatic N) is 6. The molecule has 28 heavy (non-hydrogen) atoms. The van der Waals surface area contributed by atoms with Crippen LogP contribution in [-0.2, 0) is 11.8 Å². The lowest BCUT2D eigenvalue weighted by Gasteiger charge is -2.21. The van der Waals surface area contributed by atoms with E-state index in [2.05, 4.69) is 20.3 Å². The fourth-order valence-corrected chi connectivity index (χ4v) is 3.10. The number of carbonyl (C=O) groups is 1. The summed E-state index contributed by atoms with van der Waals surface area (Å²) in [6.07, 6.45) is 2.40. The van der Waals surface area contributed by atoms with E-state index in [-0.39, 0.29) is 12.3 Å². The summed E-state index contributed by atoms with van der Waals surface area (Å²) in [6, 6.07) is 5.57. The summed E-state index contributed by atoms with van der Waals surface area (Å²) in [6.45, 7) is 1.88. The minimum absolute atomic E-state index is 0.243. The number of hydrogen-bond donors (Lipinski definition) is 1. The Bertz CT molecular complexity index is 1130. The molecule has 0 aromatic carbocycles. The van der Waals surface area contributed by atoms with E-state index >= 15 is 0 Å². The molecule has 0 saturated heterocycles. The Morgan fingerprint density at radius 3 is 2.82 bits per heavy atom. The first-order valence-corrected chi connectivity index (χ1v) is 8.76.